The zero-order valence-corrected chi connectivity index (χ0v) is 52.9. The number of benzene rings is 4. The zero-order valence-electron chi connectivity index (χ0n) is 49.6. The summed E-state index contributed by atoms with van der Waals surface area (Å²) in [7, 11) is -14.9. The first-order valence-corrected chi connectivity index (χ1v) is 33.9. The maximum absolute atomic E-state index is 14.3. The first-order valence-electron chi connectivity index (χ1n) is 28.0. The molecule has 0 amide bonds. The van der Waals surface area contributed by atoms with Crippen molar-refractivity contribution in [3.05, 3.63) is 72.8 Å². The summed E-state index contributed by atoms with van der Waals surface area (Å²) in [5.41, 5.74) is 1.19. The Morgan fingerprint density at radius 2 is 0.674 bits per heavy atom. The predicted octanol–water partition coefficient (Wildman–Crippen LogP) is 8.03. The molecule has 6 N–H and O–H groups in total. The second-order valence-corrected chi connectivity index (χ2v) is 30.3. The number of aromatic nitrogens is 8. The minimum atomic E-state index is -4.48. The standard InChI is InChI=1S/C58H70N12O12S4/c1-29(2)21-33(9)67-83(73,74)35-13-17-39-43(25-35)54-60-49(39)59-53-44-26-36(84(75,76)68-34(10)22-30(3)4)14-18-40(44)50(61-53)63-55-46-28-38(86(79,80)70-48(24-32(7)8)58(72)82-12)16-20-42(46)52(65-55)66-56-45-27-37(15-19-41(45)51(62-54)64-56)85(77,78)69-47(23-31(5)6)57(71)81-11/h13-20,25-34,47-48,67-70H,21-24H2,1-12H3,(H2,59,60,61,62,63,64,65,66). The van der Waals surface area contributed by atoms with Crippen molar-refractivity contribution in [2.45, 2.75) is 139 Å². The second kappa shape index (κ2) is 24.5. The molecule has 28 heteroatoms. The van der Waals surface area contributed by atoms with Gasteiger partial charge in [0.15, 0.2) is 23.3 Å². The Kier molecular flexibility index (Phi) is 18.1. The summed E-state index contributed by atoms with van der Waals surface area (Å²) in [6.45, 7) is 18.8. The monoisotopic (exact) mass is 1250 g/mol. The number of fused-ring (bicyclic) bond motifs is 20. The lowest BCUT2D eigenvalue weighted by molar-refractivity contribution is -0.143. The van der Waals surface area contributed by atoms with Crippen LogP contribution in [-0.2, 0) is 59.2 Å². The van der Waals surface area contributed by atoms with Gasteiger partial charge in [0.05, 0.1) is 33.8 Å². The van der Waals surface area contributed by atoms with Crippen LogP contribution in [0.5, 0.6) is 0 Å². The molecule has 0 saturated carbocycles. The molecular formula is C58H70N12O12S4. The molecule has 2 aliphatic rings. The minimum Gasteiger partial charge on any atom is -0.468 e. The first kappa shape index (κ1) is 63.3. The van der Waals surface area contributed by atoms with Crippen LogP contribution in [0.3, 0.4) is 0 Å². The van der Waals surface area contributed by atoms with E-state index >= 15 is 0 Å². The molecule has 0 radical (unpaired) electrons. The first-order chi connectivity index (χ1) is 40.4. The summed E-state index contributed by atoms with van der Waals surface area (Å²) >= 11 is 0. The molecule has 4 atom stereocenters. The highest BCUT2D eigenvalue weighted by Gasteiger charge is 2.32. The van der Waals surface area contributed by atoms with E-state index in [0.29, 0.717) is 23.8 Å². The van der Waals surface area contributed by atoms with Crippen molar-refractivity contribution < 1.29 is 52.7 Å². The van der Waals surface area contributed by atoms with Crippen LogP contribution in [0.4, 0.5) is 0 Å². The molecule has 9 rings (SSSR count). The van der Waals surface area contributed by atoms with E-state index in [-0.39, 0.29) is 135 Å². The molecule has 0 saturated heterocycles. The fraction of sp³-hybridized carbons (Fsp3) is 0.414. The Balaban J connectivity index is 1.37. The van der Waals surface area contributed by atoms with Crippen molar-refractivity contribution in [2.75, 3.05) is 14.2 Å². The van der Waals surface area contributed by atoms with Crippen LogP contribution in [0, 0.1) is 23.7 Å². The summed E-state index contributed by atoms with van der Waals surface area (Å²) < 4.78 is 134. The number of rotatable bonds is 22. The second-order valence-electron chi connectivity index (χ2n) is 23.4. The molecule has 458 valence electrons. The number of hydrogen-bond donors (Lipinski definition) is 6. The number of sulfonamides is 4. The van der Waals surface area contributed by atoms with Gasteiger partial charge in [0.25, 0.3) is 0 Å². The molecule has 3 aromatic heterocycles. The molecule has 5 heterocycles. The van der Waals surface area contributed by atoms with E-state index in [2.05, 4.69) is 28.9 Å². The molecule has 7 aromatic rings. The van der Waals surface area contributed by atoms with E-state index in [1.54, 1.807) is 19.9 Å². The maximum Gasteiger partial charge on any atom is 0.323 e. The van der Waals surface area contributed by atoms with E-state index in [1.807, 2.05) is 55.4 Å². The van der Waals surface area contributed by atoms with E-state index < -0.39 is 76.2 Å². The highest BCUT2D eigenvalue weighted by Crippen LogP contribution is 2.40. The van der Waals surface area contributed by atoms with Crippen molar-refractivity contribution in [3.63, 3.8) is 0 Å². The molecule has 8 bridgehead atoms. The van der Waals surface area contributed by atoms with Crippen molar-refractivity contribution in [3.8, 4) is 45.6 Å². The van der Waals surface area contributed by atoms with Crippen molar-refractivity contribution in [1.82, 2.24) is 58.8 Å². The van der Waals surface area contributed by atoms with Crippen molar-refractivity contribution in [1.29, 1.82) is 0 Å². The number of carbonyl (C=O) groups is 2. The predicted molar refractivity (Wildman–Crippen MR) is 326 cm³/mol. The van der Waals surface area contributed by atoms with Gasteiger partial charge in [-0.25, -0.2) is 73.0 Å². The third-order valence-corrected chi connectivity index (χ3v) is 20.4. The smallest absolute Gasteiger partial charge is 0.323 e. The normalized spacial score (nSPS) is 14.4. The number of nitrogens with one attached hydrogen (secondary N) is 6. The average Bonchev–Trinajstić information content (AvgIpc) is 1.69. The molecule has 4 aromatic carbocycles. The van der Waals surface area contributed by atoms with Crippen LogP contribution in [0.2, 0.25) is 0 Å². The molecule has 0 aliphatic carbocycles. The van der Waals surface area contributed by atoms with Gasteiger partial charge in [-0.05, 0) is 136 Å². The SMILES string of the molecule is COC(=O)C(CC(C)C)NS(=O)(=O)c1ccc2c(c1)-c1nc-2nc2[nH]c(nc3nc(nc4[nH]c(n1)c1ccc(S(=O)(=O)NC(CC(C)C)C(=O)OC)cc41)-c1ccc(S(=O)(=O)NC(C)CC(C)C)cc1-3)c1ccc(S(=O)(=O)NC(C)CC(C)C)cc21. The lowest BCUT2D eigenvalue weighted by atomic mass is 10.1. The summed E-state index contributed by atoms with van der Waals surface area (Å²) in [6, 6.07) is 13.7. The van der Waals surface area contributed by atoms with Crippen LogP contribution in [0.25, 0.3) is 89.7 Å². The Morgan fingerprint density at radius 1 is 0.384 bits per heavy atom. The number of ether oxygens (including phenoxy) is 2. The van der Waals surface area contributed by atoms with Gasteiger partial charge in [-0.1, -0.05) is 55.4 Å². The number of nitrogens with zero attached hydrogens (tertiary/aromatic N) is 6. The Hall–Kier alpha value is -7.18. The molecule has 86 heavy (non-hydrogen) atoms. The molecule has 0 fully saturated rings. The van der Waals surface area contributed by atoms with Crippen LogP contribution in [0.15, 0.2) is 92.4 Å². The molecule has 2 aliphatic heterocycles. The van der Waals surface area contributed by atoms with Crippen LogP contribution < -0.4 is 18.9 Å². The van der Waals surface area contributed by atoms with E-state index in [1.165, 1.54) is 66.7 Å². The number of hydrogen-bond acceptors (Lipinski definition) is 18. The largest absolute Gasteiger partial charge is 0.468 e. The van der Waals surface area contributed by atoms with Crippen molar-refractivity contribution >= 4 is 96.2 Å². The lowest BCUT2D eigenvalue weighted by Crippen LogP contribution is -2.42. The quantitative estimate of drug-likeness (QED) is 0.0350. The van der Waals surface area contributed by atoms with E-state index in [9.17, 15) is 43.3 Å². The number of aromatic amines is 2. The molecular weight excluding hydrogens is 1180 g/mol. The summed E-state index contributed by atoms with van der Waals surface area (Å²) in [6.07, 6.45) is 1.36. The van der Waals surface area contributed by atoms with Crippen molar-refractivity contribution in [2.24, 2.45) is 23.7 Å². The van der Waals surface area contributed by atoms with Gasteiger partial charge in [0.1, 0.15) is 34.7 Å². The van der Waals surface area contributed by atoms with Crippen LogP contribution in [0.1, 0.15) is 94.9 Å². The summed E-state index contributed by atoms with van der Waals surface area (Å²) in [5.74, 6) is -1.55. The Bertz CT molecular complexity index is 4490. The number of carbonyl (C=O) groups excluding carboxylic acids is 2. The third kappa shape index (κ3) is 13.5. The highest BCUT2D eigenvalue weighted by atomic mass is 32.2. The van der Waals surface area contributed by atoms with Gasteiger partial charge >= 0.3 is 11.9 Å². The molecule has 0 spiro atoms. The Labute approximate surface area is 499 Å². The minimum absolute atomic E-state index is 0.000286. The maximum atomic E-state index is 14.3. The van der Waals surface area contributed by atoms with Crippen LogP contribution in [-0.4, -0.2) is 124 Å². The number of esters is 2. The third-order valence-electron chi connectivity index (χ3n) is 14.3. The molecule has 4 unspecified atom stereocenters. The van der Waals surface area contributed by atoms with Gasteiger partial charge in [-0.3, -0.25) is 9.59 Å². The zero-order chi connectivity index (χ0) is 62.5. The van der Waals surface area contributed by atoms with Gasteiger partial charge < -0.3 is 19.4 Å². The van der Waals surface area contributed by atoms with Gasteiger partial charge in [-0.15, -0.1) is 0 Å². The number of H-pyrrole nitrogens is 2. The van der Waals surface area contributed by atoms with Gasteiger partial charge in [0.2, 0.25) is 40.1 Å². The number of methoxy groups -OCH3 is 2. The van der Waals surface area contributed by atoms with E-state index in [4.69, 9.17) is 39.4 Å². The van der Waals surface area contributed by atoms with E-state index in [0.717, 1.165) is 14.2 Å². The molecule has 24 nitrogen and oxygen atoms in total. The van der Waals surface area contributed by atoms with Gasteiger partial charge in [0, 0.05) is 55.9 Å². The summed E-state index contributed by atoms with van der Waals surface area (Å²) in [4.78, 5) is 61.3. The fourth-order valence-corrected chi connectivity index (χ4v) is 15.7. The Morgan fingerprint density at radius 3 is 1.00 bits per heavy atom. The lowest BCUT2D eigenvalue weighted by Gasteiger charge is -2.18. The average molecular weight is 1260 g/mol. The highest BCUT2D eigenvalue weighted by molar-refractivity contribution is 7.90. The van der Waals surface area contributed by atoms with Gasteiger partial charge in [-0.2, -0.15) is 9.44 Å². The fourth-order valence-electron chi connectivity index (χ4n) is 10.7. The topological polar surface area (TPSA) is 346 Å². The summed E-state index contributed by atoms with van der Waals surface area (Å²) in [5, 5.41) is 1.08. The van der Waals surface area contributed by atoms with Crippen LogP contribution >= 0.6 is 0 Å².